The van der Waals surface area contributed by atoms with E-state index in [1.807, 2.05) is 6.92 Å². The molecule has 0 spiro atoms. The average molecular weight is 321 g/mol. The number of hydrogen-bond acceptors (Lipinski definition) is 4. The van der Waals surface area contributed by atoms with Crippen LogP contribution in [0.3, 0.4) is 0 Å². The molecule has 0 saturated carbocycles. The predicted octanol–water partition coefficient (Wildman–Crippen LogP) is 2.18. The molecule has 0 unspecified atom stereocenters. The number of rotatable bonds is 7. The molecule has 1 aromatic rings. The summed E-state index contributed by atoms with van der Waals surface area (Å²) in [5, 5.41) is 8.94. The maximum absolute atomic E-state index is 12.8. The summed E-state index contributed by atoms with van der Waals surface area (Å²) in [5.41, 5.74) is 0.521. The first-order valence-corrected chi connectivity index (χ1v) is 7.95. The zero-order valence-corrected chi connectivity index (χ0v) is 13.4. The second-order valence-electron chi connectivity index (χ2n) is 5.45. The molecule has 1 heterocycles. The first kappa shape index (κ1) is 17.3. The number of aliphatic carboxylic acids is 1. The third kappa shape index (κ3) is 4.96. The zero-order valence-electron chi connectivity index (χ0n) is 13.4. The van der Waals surface area contributed by atoms with Crippen molar-refractivity contribution >= 4 is 11.9 Å². The van der Waals surface area contributed by atoms with Gasteiger partial charge in [0.15, 0.2) is 0 Å². The lowest BCUT2D eigenvalue weighted by molar-refractivity contribution is -0.137. The molecule has 2 rings (SSSR count). The van der Waals surface area contributed by atoms with E-state index < -0.39 is 5.97 Å². The minimum absolute atomic E-state index is 0.0198. The van der Waals surface area contributed by atoms with Crippen molar-refractivity contribution in [1.29, 1.82) is 0 Å². The number of nitrogens with zero attached hydrogens (tertiary/aromatic N) is 1. The monoisotopic (exact) mass is 321 g/mol. The maximum atomic E-state index is 12.8. The highest BCUT2D eigenvalue weighted by molar-refractivity contribution is 5.95. The van der Waals surface area contributed by atoms with E-state index in [0.717, 1.165) is 12.8 Å². The van der Waals surface area contributed by atoms with Gasteiger partial charge in [0.1, 0.15) is 5.75 Å². The summed E-state index contributed by atoms with van der Waals surface area (Å²) in [5.74, 6) is -0.416. The minimum atomic E-state index is -0.905. The Morgan fingerprint density at radius 3 is 2.74 bits per heavy atom. The number of amides is 1. The van der Waals surface area contributed by atoms with Crippen molar-refractivity contribution in [3.63, 3.8) is 0 Å². The predicted molar refractivity (Wildman–Crippen MR) is 84.7 cm³/mol. The fourth-order valence-corrected chi connectivity index (χ4v) is 2.71. The fraction of sp³-hybridized carbons (Fsp3) is 0.529. The number of hydrogen-bond donors (Lipinski definition) is 1. The average Bonchev–Trinajstić information content (AvgIpc) is 2.56. The molecule has 1 fully saturated rings. The summed E-state index contributed by atoms with van der Waals surface area (Å²) in [6.45, 7) is 3.81. The molecule has 1 aliphatic heterocycles. The lowest BCUT2D eigenvalue weighted by Crippen LogP contribution is -2.44. The molecule has 1 aliphatic rings. The van der Waals surface area contributed by atoms with Crippen LogP contribution in [0.15, 0.2) is 24.3 Å². The molecular weight excluding hydrogens is 298 g/mol. The van der Waals surface area contributed by atoms with Crippen LogP contribution in [-0.4, -0.2) is 54.3 Å². The molecular formula is C17H23NO5. The van der Waals surface area contributed by atoms with Crippen LogP contribution >= 0.6 is 0 Å². The molecule has 6 heteroatoms. The summed E-state index contributed by atoms with van der Waals surface area (Å²) >= 11 is 0. The number of carbonyl (C=O) groups excluding carboxylic acids is 1. The molecule has 1 amide bonds. The highest BCUT2D eigenvalue weighted by Crippen LogP contribution is 2.20. The minimum Gasteiger partial charge on any atom is -0.494 e. The maximum Gasteiger partial charge on any atom is 0.305 e. The normalized spacial score (nSPS) is 15.2. The Kier molecular flexibility index (Phi) is 6.40. The van der Waals surface area contributed by atoms with Crippen molar-refractivity contribution < 1.29 is 24.2 Å². The summed E-state index contributed by atoms with van der Waals surface area (Å²) in [6, 6.07) is 7.04. The van der Waals surface area contributed by atoms with Crippen molar-refractivity contribution in [3.05, 3.63) is 29.8 Å². The van der Waals surface area contributed by atoms with Crippen LogP contribution in [0.5, 0.6) is 5.75 Å². The third-order valence-corrected chi connectivity index (χ3v) is 3.85. The topological polar surface area (TPSA) is 76.1 Å². The van der Waals surface area contributed by atoms with Gasteiger partial charge < -0.3 is 19.5 Å². The molecule has 126 valence electrons. The Morgan fingerprint density at radius 2 is 2.09 bits per heavy atom. The Morgan fingerprint density at radius 1 is 1.35 bits per heavy atom. The van der Waals surface area contributed by atoms with E-state index in [1.165, 1.54) is 0 Å². The number of carboxylic acid groups (broad SMARTS) is 1. The molecule has 0 aliphatic carbocycles. The van der Waals surface area contributed by atoms with Gasteiger partial charge in [0.05, 0.1) is 13.0 Å². The number of carbonyl (C=O) groups is 2. The largest absolute Gasteiger partial charge is 0.494 e. The van der Waals surface area contributed by atoms with Crippen LogP contribution in [0.1, 0.15) is 36.5 Å². The van der Waals surface area contributed by atoms with Gasteiger partial charge in [-0.2, -0.15) is 0 Å². The van der Waals surface area contributed by atoms with Crippen molar-refractivity contribution in [2.24, 2.45) is 0 Å². The molecule has 1 aromatic carbocycles. The van der Waals surface area contributed by atoms with Crippen LogP contribution in [-0.2, 0) is 9.53 Å². The van der Waals surface area contributed by atoms with E-state index in [-0.39, 0.29) is 24.9 Å². The van der Waals surface area contributed by atoms with E-state index in [2.05, 4.69) is 0 Å². The van der Waals surface area contributed by atoms with Gasteiger partial charge in [-0.25, -0.2) is 0 Å². The second kappa shape index (κ2) is 8.53. The van der Waals surface area contributed by atoms with Crippen molar-refractivity contribution in [2.75, 3.05) is 26.4 Å². The van der Waals surface area contributed by atoms with Crippen LogP contribution < -0.4 is 4.74 Å². The standard InChI is InChI=1S/C17H23NO5/c1-2-23-15-5-3-4-13(12-15)17(21)18(9-6-16(19)20)14-7-10-22-11-8-14/h3-5,12,14H,2,6-11H2,1H3,(H,19,20). The highest BCUT2D eigenvalue weighted by Gasteiger charge is 2.27. The molecule has 1 N–H and O–H groups in total. The lowest BCUT2D eigenvalue weighted by atomic mass is 10.0. The van der Waals surface area contributed by atoms with E-state index in [4.69, 9.17) is 14.6 Å². The van der Waals surface area contributed by atoms with Gasteiger partial charge in [0.25, 0.3) is 5.91 Å². The first-order chi connectivity index (χ1) is 11.1. The quantitative estimate of drug-likeness (QED) is 0.833. The van der Waals surface area contributed by atoms with E-state index in [9.17, 15) is 9.59 Å². The number of ether oxygens (including phenoxy) is 2. The van der Waals surface area contributed by atoms with Gasteiger partial charge >= 0.3 is 5.97 Å². The third-order valence-electron chi connectivity index (χ3n) is 3.85. The molecule has 0 atom stereocenters. The number of carboxylic acids is 1. The Hall–Kier alpha value is -2.08. The molecule has 0 radical (unpaired) electrons. The van der Waals surface area contributed by atoms with Gasteiger partial charge in [0, 0.05) is 31.4 Å². The summed E-state index contributed by atoms with van der Waals surface area (Å²) in [7, 11) is 0. The Bertz CT molecular complexity index is 540. The van der Waals surface area contributed by atoms with Gasteiger partial charge in [-0.05, 0) is 38.0 Å². The second-order valence-corrected chi connectivity index (χ2v) is 5.45. The SMILES string of the molecule is CCOc1cccc(C(=O)N(CCC(=O)O)C2CCOCC2)c1. The van der Waals surface area contributed by atoms with E-state index >= 15 is 0 Å². The molecule has 0 aromatic heterocycles. The summed E-state index contributed by atoms with van der Waals surface area (Å²) < 4.78 is 10.8. The molecule has 6 nitrogen and oxygen atoms in total. The molecule has 23 heavy (non-hydrogen) atoms. The fourth-order valence-electron chi connectivity index (χ4n) is 2.71. The highest BCUT2D eigenvalue weighted by atomic mass is 16.5. The van der Waals surface area contributed by atoms with Crippen molar-refractivity contribution in [2.45, 2.75) is 32.2 Å². The van der Waals surface area contributed by atoms with E-state index in [0.29, 0.717) is 31.1 Å². The lowest BCUT2D eigenvalue weighted by Gasteiger charge is -2.34. The Balaban J connectivity index is 2.16. The van der Waals surface area contributed by atoms with Crippen molar-refractivity contribution in [3.8, 4) is 5.75 Å². The van der Waals surface area contributed by atoms with Crippen LogP contribution in [0.4, 0.5) is 0 Å². The van der Waals surface area contributed by atoms with Gasteiger partial charge in [-0.15, -0.1) is 0 Å². The smallest absolute Gasteiger partial charge is 0.305 e. The zero-order chi connectivity index (χ0) is 16.7. The van der Waals surface area contributed by atoms with Gasteiger partial charge in [0.2, 0.25) is 0 Å². The Labute approximate surface area is 136 Å². The molecule has 1 saturated heterocycles. The number of benzene rings is 1. The summed E-state index contributed by atoms with van der Waals surface area (Å²) in [4.78, 5) is 25.4. The van der Waals surface area contributed by atoms with Crippen LogP contribution in [0, 0.1) is 0 Å². The van der Waals surface area contributed by atoms with Crippen LogP contribution in [0.25, 0.3) is 0 Å². The molecule has 0 bridgehead atoms. The van der Waals surface area contributed by atoms with Gasteiger partial charge in [-0.1, -0.05) is 6.07 Å². The summed E-state index contributed by atoms with van der Waals surface area (Å²) in [6.07, 6.45) is 1.40. The van der Waals surface area contributed by atoms with E-state index in [1.54, 1.807) is 29.2 Å². The van der Waals surface area contributed by atoms with Gasteiger partial charge in [-0.3, -0.25) is 9.59 Å². The van der Waals surface area contributed by atoms with Crippen LogP contribution in [0.2, 0.25) is 0 Å². The van der Waals surface area contributed by atoms with Crippen molar-refractivity contribution in [1.82, 2.24) is 4.90 Å². The first-order valence-electron chi connectivity index (χ1n) is 7.95.